The molecule has 2 heterocycles. The van der Waals surface area contributed by atoms with Gasteiger partial charge in [0.05, 0.1) is 0 Å². The molecule has 0 amide bonds. The van der Waals surface area contributed by atoms with E-state index in [2.05, 4.69) is 0 Å². The second kappa shape index (κ2) is 7.47. The highest BCUT2D eigenvalue weighted by molar-refractivity contribution is 7.12. The molecule has 2 aromatic heterocycles. The van der Waals surface area contributed by atoms with Crippen molar-refractivity contribution in [1.29, 1.82) is 0 Å². The normalized spacial score (nSPS) is 10.7. The third kappa shape index (κ3) is 3.55. The lowest BCUT2D eigenvalue weighted by Gasteiger charge is -2.13. The molecule has 0 fully saturated rings. The molecule has 0 radical (unpaired) electrons. The number of thiophene rings is 1. The quantitative estimate of drug-likeness (QED) is 0.602. The van der Waals surface area contributed by atoms with Gasteiger partial charge in [-0.2, -0.15) is 0 Å². The summed E-state index contributed by atoms with van der Waals surface area (Å²) in [5, 5.41) is 1.74. The van der Waals surface area contributed by atoms with Gasteiger partial charge in [0.1, 0.15) is 16.3 Å². The highest BCUT2D eigenvalue weighted by Gasteiger charge is 2.23. The van der Waals surface area contributed by atoms with Crippen LogP contribution >= 0.6 is 11.3 Å². The molecule has 0 bridgehead atoms. The van der Waals surface area contributed by atoms with Crippen LogP contribution in [-0.4, -0.2) is 27.5 Å². The SMILES string of the molecule is CCCn1c(N)c(C(=O)COC(=O)c2sccc2C)c(=O)n(C)c1=O. The topological polar surface area (TPSA) is 113 Å². The Bertz CT molecular complexity index is 938. The number of carbonyl (C=O) groups excluding carboxylic acids is 2. The van der Waals surface area contributed by atoms with Crippen LogP contribution in [0.5, 0.6) is 0 Å². The summed E-state index contributed by atoms with van der Waals surface area (Å²) in [4.78, 5) is 49.1. The maximum Gasteiger partial charge on any atom is 0.349 e. The zero-order chi connectivity index (χ0) is 18.7. The number of hydrogen-bond donors (Lipinski definition) is 1. The number of nitrogens with zero attached hydrogens (tertiary/aromatic N) is 2. The molecule has 0 aliphatic heterocycles. The molecule has 0 aromatic carbocycles. The van der Waals surface area contributed by atoms with Crippen molar-refractivity contribution in [2.75, 3.05) is 12.3 Å². The van der Waals surface area contributed by atoms with Gasteiger partial charge in [0, 0.05) is 13.6 Å². The Morgan fingerprint density at radius 1 is 1.32 bits per heavy atom. The predicted molar refractivity (Wildman–Crippen MR) is 94.3 cm³/mol. The van der Waals surface area contributed by atoms with E-state index in [0.717, 1.165) is 10.1 Å². The molecular weight excluding hydrogens is 346 g/mol. The van der Waals surface area contributed by atoms with E-state index in [1.807, 2.05) is 6.92 Å². The Hall–Kier alpha value is -2.68. The number of rotatable bonds is 6. The Labute approximate surface area is 147 Å². The van der Waals surface area contributed by atoms with Gasteiger partial charge >= 0.3 is 11.7 Å². The lowest BCUT2D eigenvalue weighted by Crippen LogP contribution is -2.43. The lowest BCUT2D eigenvalue weighted by molar-refractivity contribution is 0.0478. The summed E-state index contributed by atoms with van der Waals surface area (Å²) in [6.07, 6.45) is 0.600. The van der Waals surface area contributed by atoms with Crippen molar-refractivity contribution in [1.82, 2.24) is 9.13 Å². The van der Waals surface area contributed by atoms with Gasteiger partial charge in [0.25, 0.3) is 5.56 Å². The van der Waals surface area contributed by atoms with Gasteiger partial charge in [-0.3, -0.25) is 18.7 Å². The number of aromatic nitrogens is 2. The summed E-state index contributed by atoms with van der Waals surface area (Å²) >= 11 is 1.20. The lowest BCUT2D eigenvalue weighted by atomic mass is 10.2. The molecular formula is C16H19N3O5S. The number of aryl methyl sites for hydroxylation is 1. The molecule has 25 heavy (non-hydrogen) atoms. The van der Waals surface area contributed by atoms with E-state index in [1.54, 1.807) is 18.4 Å². The molecule has 0 saturated heterocycles. The Balaban J connectivity index is 2.30. The highest BCUT2D eigenvalue weighted by Crippen LogP contribution is 2.17. The molecule has 2 aromatic rings. The van der Waals surface area contributed by atoms with Gasteiger partial charge in [-0.1, -0.05) is 6.92 Å². The van der Waals surface area contributed by atoms with E-state index in [1.165, 1.54) is 23.0 Å². The number of esters is 1. The van der Waals surface area contributed by atoms with E-state index in [-0.39, 0.29) is 17.9 Å². The summed E-state index contributed by atoms with van der Waals surface area (Å²) in [6, 6.07) is 1.76. The van der Waals surface area contributed by atoms with Crippen molar-refractivity contribution in [3.05, 3.63) is 48.3 Å². The number of nitrogen functional groups attached to an aromatic ring is 1. The van der Waals surface area contributed by atoms with Crippen LogP contribution in [0.15, 0.2) is 21.0 Å². The summed E-state index contributed by atoms with van der Waals surface area (Å²) in [5.74, 6) is -1.59. The van der Waals surface area contributed by atoms with E-state index >= 15 is 0 Å². The summed E-state index contributed by atoms with van der Waals surface area (Å²) < 4.78 is 6.98. The average Bonchev–Trinajstić information content (AvgIpc) is 3.01. The predicted octanol–water partition coefficient (Wildman–Crippen LogP) is 0.949. The number of Topliss-reactive ketones (excluding diaryl/α,β-unsaturated/α-hetero) is 1. The van der Waals surface area contributed by atoms with Crippen LogP contribution in [0.25, 0.3) is 0 Å². The molecule has 0 spiro atoms. The number of ketones is 1. The largest absolute Gasteiger partial charge is 0.453 e. The third-order valence-corrected chi connectivity index (χ3v) is 4.69. The summed E-state index contributed by atoms with van der Waals surface area (Å²) in [5.41, 5.74) is 4.87. The van der Waals surface area contributed by atoms with Gasteiger partial charge < -0.3 is 10.5 Å². The molecule has 0 aliphatic rings. The molecule has 8 nitrogen and oxygen atoms in total. The van der Waals surface area contributed by atoms with Gasteiger partial charge in [-0.05, 0) is 30.4 Å². The van der Waals surface area contributed by atoms with Crippen LogP contribution < -0.4 is 17.0 Å². The highest BCUT2D eigenvalue weighted by atomic mass is 32.1. The minimum absolute atomic E-state index is 0.205. The van der Waals surface area contributed by atoms with Crippen molar-refractivity contribution in [2.24, 2.45) is 7.05 Å². The summed E-state index contributed by atoms with van der Waals surface area (Å²) in [6.45, 7) is 3.24. The number of ether oxygens (including phenoxy) is 1. The molecule has 0 aliphatic carbocycles. The van der Waals surface area contributed by atoms with Crippen LogP contribution in [0.2, 0.25) is 0 Å². The Morgan fingerprint density at radius 2 is 2.00 bits per heavy atom. The Morgan fingerprint density at radius 3 is 2.56 bits per heavy atom. The zero-order valence-corrected chi connectivity index (χ0v) is 15.0. The molecule has 134 valence electrons. The third-order valence-electron chi connectivity index (χ3n) is 3.69. The number of anilines is 1. The van der Waals surface area contributed by atoms with Crippen molar-refractivity contribution in [2.45, 2.75) is 26.8 Å². The monoisotopic (exact) mass is 365 g/mol. The number of hydrogen-bond acceptors (Lipinski definition) is 7. The van der Waals surface area contributed by atoms with Crippen molar-refractivity contribution < 1.29 is 14.3 Å². The van der Waals surface area contributed by atoms with E-state index < -0.39 is 29.6 Å². The van der Waals surface area contributed by atoms with Gasteiger partial charge in [-0.15, -0.1) is 11.3 Å². The van der Waals surface area contributed by atoms with Crippen molar-refractivity contribution in [3.8, 4) is 0 Å². The van der Waals surface area contributed by atoms with Gasteiger partial charge in [-0.25, -0.2) is 9.59 Å². The summed E-state index contributed by atoms with van der Waals surface area (Å²) in [7, 11) is 1.27. The standard InChI is InChI=1S/C16H19N3O5S/c1-4-6-19-13(17)11(14(21)18(3)16(19)23)10(20)8-24-15(22)12-9(2)5-7-25-12/h5,7H,4,6,8,17H2,1-3H3. The van der Waals surface area contributed by atoms with Gasteiger partial charge in [0.15, 0.2) is 6.61 Å². The van der Waals surface area contributed by atoms with Crippen molar-refractivity contribution >= 4 is 28.9 Å². The fourth-order valence-corrected chi connectivity index (χ4v) is 3.15. The first-order valence-electron chi connectivity index (χ1n) is 7.63. The van der Waals surface area contributed by atoms with E-state index in [9.17, 15) is 19.2 Å². The van der Waals surface area contributed by atoms with Crippen molar-refractivity contribution in [3.63, 3.8) is 0 Å². The number of nitrogens with two attached hydrogens (primary N) is 1. The zero-order valence-electron chi connectivity index (χ0n) is 14.2. The Kier molecular flexibility index (Phi) is 5.58. The minimum atomic E-state index is -0.803. The van der Waals surface area contributed by atoms with E-state index in [0.29, 0.717) is 11.3 Å². The second-order valence-electron chi connectivity index (χ2n) is 5.49. The van der Waals surface area contributed by atoms with Crippen LogP contribution in [0, 0.1) is 6.92 Å². The molecule has 2 N–H and O–H groups in total. The molecule has 2 rings (SSSR count). The fourth-order valence-electron chi connectivity index (χ4n) is 2.34. The first-order chi connectivity index (χ1) is 11.8. The maximum atomic E-state index is 12.4. The van der Waals surface area contributed by atoms with Crippen LogP contribution in [0.4, 0.5) is 5.82 Å². The average molecular weight is 365 g/mol. The first kappa shape index (κ1) is 18.7. The smallest absolute Gasteiger partial charge is 0.349 e. The van der Waals surface area contributed by atoms with Crippen LogP contribution in [0.1, 0.15) is 38.9 Å². The van der Waals surface area contributed by atoms with E-state index in [4.69, 9.17) is 10.5 Å². The maximum absolute atomic E-state index is 12.4. The number of carbonyl (C=O) groups is 2. The fraction of sp³-hybridized carbons (Fsp3) is 0.375. The molecule has 0 atom stereocenters. The molecule has 0 saturated carbocycles. The molecule has 0 unspecified atom stereocenters. The van der Waals surface area contributed by atoms with Crippen LogP contribution in [-0.2, 0) is 18.3 Å². The second-order valence-corrected chi connectivity index (χ2v) is 6.41. The minimum Gasteiger partial charge on any atom is -0.453 e. The van der Waals surface area contributed by atoms with Gasteiger partial charge in [0.2, 0.25) is 5.78 Å². The first-order valence-corrected chi connectivity index (χ1v) is 8.51. The van der Waals surface area contributed by atoms with Crippen LogP contribution in [0.3, 0.4) is 0 Å². The molecule has 9 heteroatoms.